The fourth-order valence-corrected chi connectivity index (χ4v) is 10.5. The maximum Gasteiger partial charge on any atom is 0.164 e. The molecule has 12 rings (SSSR count). The van der Waals surface area contributed by atoms with Gasteiger partial charge in [0.15, 0.2) is 17.5 Å². The molecule has 4 nitrogen and oxygen atoms in total. The minimum absolute atomic E-state index is 0.659. The van der Waals surface area contributed by atoms with Crippen LogP contribution < -0.4 is 0 Å². The molecular formula is C51H30N4S2. The molecule has 0 atom stereocenters. The number of nitrogens with zero attached hydrogens (tertiary/aromatic N) is 4. The van der Waals surface area contributed by atoms with Gasteiger partial charge in [-0.05, 0) is 96.1 Å². The third-order valence-corrected chi connectivity index (χ3v) is 13.4. The van der Waals surface area contributed by atoms with Crippen LogP contribution in [0.1, 0.15) is 0 Å². The summed E-state index contributed by atoms with van der Waals surface area (Å²) < 4.78 is 7.39. The first kappa shape index (κ1) is 32.3. The Morgan fingerprint density at radius 1 is 0.298 bits per heavy atom. The van der Waals surface area contributed by atoms with Crippen molar-refractivity contribution in [1.82, 2.24) is 19.5 Å². The largest absolute Gasteiger partial charge is 0.309 e. The van der Waals surface area contributed by atoms with Crippen LogP contribution in [0.3, 0.4) is 0 Å². The van der Waals surface area contributed by atoms with Crippen molar-refractivity contribution in [3.8, 4) is 51.0 Å². The van der Waals surface area contributed by atoms with E-state index < -0.39 is 0 Å². The topological polar surface area (TPSA) is 43.6 Å². The second kappa shape index (κ2) is 12.8. The van der Waals surface area contributed by atoms with Crippen molar-refractivity contribution in [2.45, 2.75) is 0 Å². The van der Waals surface area contributed by atoms with Crippen LogP contribution in [-0.4, -0.2) is 19.5 Å². The van der Waals surface area contributed by atoms with Gasteiger partial charge in [0.1, 0.15) is 0 Å². The highest BCUT2D eigenvalue weighted by molar-refractivity contribution is 7.26. The van der Waals surface area contributed by atoms with E-state index in [9.17, 15) is 0 Å². The van der Waals surface area contributed by atoms with Crippen LogP contribution in [0.4, 0.5) is 0 Å². The SMILES string of the molecule is c1ccc(-c2nc(-c3ccc4sc5ccccc5c4c3)nc(-c3ccc4sc5ccc(-c6ccc7c(c6)c6ccccc6n7-c6ccccc6)cc5c4c3)n2)cc1. The number of hydrogen-bond donors (Lipinski definition) is 0. The van der Waals surface area contributed by atoms with Crippen molar-refractivity contribution < 1.29 is 0 Å². The van der Waals surface area contributed by atoms with Crippen LogP contribution in [0, 0.1) is 0 Å². The molecule has 4 heterocycles. The third-order valence-electron chi connectivity index (χ3n) is 11.1. The summed E-state index contributed by atoms with van der Waals surface area (Å²) in [7, 11) is 0. The number of rotatable bonds is 5. The Bertz CT molecular complexity index is 3530. The molecule has 0 spiro atoms. The highest BCUT2D eigenvalue weighted by Crippen LogP contribution is 2.41. The average Bonchev–Trinajstić information content (AvgIpc) is 3.95. The molecule has 0 fully saturated rings. The number of para-hydroxylation sites is 2. The lowest BCUT2D eigenvalue weighted by molar-refractivity contribution is 1.08. The fourth-order valence-electron chi connectivity index (χ4n) is 8.32. The summed E-state index contributed by atoms with van der Waals surface area (Å²) in [5, 5.41) is 7.40. The monoisotopic (exact) mass is 762 g/mol. The van der Waals surface area contributed by atoms with E-state index in [2.05, 4.69) is 168 Å². The number of aromatic nitrogens is 4. The molecule has 8 aromatic carbocycles. The zero-order chi connectivity index (χ0) is 37.5. The van der Waals surface area contributed by atoms with Crippen molar-refractivity contribution in [3.63, 3.8) is 0 Å². The highest BCUT2D eigenvalue weighted by Gasteiger charge is 2.17. The Labute approximate surface area is 335 Å². The van der Waals surface area contributed by atoms with Gasteiger partial charge in [-0.3, -0.25) is 0 Å². The van der Waals surface area contributed by atoms with E-state index in [-0.39, 0.29) is 0 Å². The van der Waals surface area contributed by atoms with Gasteiger partial charge < -0.3 is 4.57 Å². The van der Waals surface area contributed by atoms with Gasteiger partial charge in [0.05, 0.1) is 11.0 Å². The summed E-state index contributed by atoms with van der Waals surface area (Å²) in [6.45, 7) is 0. The zero-order valence-electron chi connectivity index (χ0n) is 30.4. The molecule has 266 valence electrons. The molecule has 0 aliphatic heterocycles. The summed E-state index contributed by atoms with van der Waals surface area (Å²) in [6.07, 6.45) is 0. The van der Waals surface area contributed by atoms with E-state index in [0.29, 0.717) is 17.5 Å². The normalized spacial score (nSPS) is 11.9. The third kappa shape index (κ3) is 5.30. The lowest BCUT2D eigenvalue weighted by Gasteiger charge is -2.09. The second-order valence-corrected chi connectivity index (χ2v) is 16.6. The molecule has 0 bridgehead atoms. The van der Waals surface area contributed by atoms with Gasteiger partial charge in [0.2, 0.25) is 0 Å². The highest BCUT2D eigenvalue weighted by atomic mass is 32.1. The molecule has 0 radical (unpaired) electrons. The van der Waals surface area contributed by atoms with Crippen LogP contribution in [0.25, 0.3) is 113 Å². The van der Waals surface area contributed by atoms with E-state index >= 15 is 0 Å². The van der Waals surface area contributed by atoms with Gasteiger partial charge in [-0.2, -0.15) is 0 Å². The molecule has 0 amide bonds. The van der Waals surface area contributed by atoms with Crippen molar-refractivity contribution >= 4 is 84.8 Å². The molecule has 4 aromatic heterocycles. The molecule has 0 unspecified atom stereocenters. The summed E-state index contributed by atoms with van der Waals surface area (Å²) in [5.41, 5.74) is 8.86. The second-order valence-electron chi connectivity index (χ2n) is 14.4. The van der Waals surface area contributed by atoms with Gasteiger partial charge in [-0.25, -0.2) is 15.0 Å². The molecule has 57 heavy (non-hydrogen) atoms. The number of hydrogen-bond acceptors (Lipinski definition) is 5. The van der Waals surface area contributed by atoms with Gasteiger partial charge >= 0.3 is 0 Å². The van der Waals surface area contributed by atoms with E-state index in [1.54, 1.807) is 0 Å². The predicted molar refractivity (Wildman–Crippen MR) is 242 cm³/mol. The molecule has 12 aromatic rings. The maximum absolute atomic E-state index is 5.17. The first-order chi connectivity index (χ1) is 28.2. The Morgan fingerprint density at radius 3 is 1.40 bits per heavy atom. The van der Waals surface area contributed by atoms with E-state index in [0.717, 1.165) is 22.4 Å². The van der Waals surface area contributed by atoms with Crippen molar-refractivity contribution in [1.29, 1.82) is 0 Å². The smallest absolute Gasteiger partial charge is 0.164 e. The first-order valence-corrected chi connectivity index (χ1v) is 20.6. The molecule has 0 N–H and O–H groups in total. The maximum atomic E-state index is 5.17. The minimum Gasteiger partial charge on any atom is -0.309 e. The Hall–Kier alpha value is -6.99. The van der Waals surface area contributed by atoms with E-state index in [1.165, 1.54) is 73.3 Å². The van der Waals surface area contributed by atoms with E-state index in [4.69, 9.17) is 15.0 Å². The van der Waals surface area contributed by atoms with Crippen molar-refractivity contribution in [2.75, 3.05) is 0 Å². The van der Waals surface area contributed by atoms with Crippen LogP contribution in [-0.2, 0) is 0 Å². The zero-order valence-corrected chi connectivity index (χ0v) is 32.1. The fraction of sp³-hybridized carbons (Fsp3) is 0. The molecule has 0 saturated heterocycles. The lowest BCUT2D eigenvalue weighted by Crippen LogP contribution is -2.00. The van der Waals surface area contributed by atoms with Crippen molar-refractivity contribution in [3.05, 3.63) is 182 Å². The van der Waals surface area contributed by atoms with E-state index in [1.807, 2.05) is 40.9 Å². The van der Waals surface area contributed by atoms with Crippen LogP contribution in [0.5, 0.6) is 0 Å². The summed E-state index contributed by atoms with van der Waals surface area (Å²) in [6, 6.07) is 65.1. The number of fused-ring (bicyclic) bond motifs is 9. The van der Waals surface area contributed by atoms with Gasteiger partial charge in [0, 0.05) is 73.5 Å². The summed E-state index contributed by atoms with van der Waals surface area (Å²) >= 11 is 3.64. The Balaban J connectivity index is 0.995. The summed E-state index contributed by atoms with van der Waals surface area (Å²) in [4.78, 5) is 15.3. The lowest BCUT2D eigenvalue weighted by atomic mass is 10.00. The standard InChI is InChI=1S/C51H30N4S2/c1-3-11-31(12-4-1)49-52-50(34-21-25-46-40(29-34)38-16-8-10-18-45(38)56-46)54-51(53-49)35-22-26-48-42(30-35)41-28-33(20-24-47(41)57-48)32-19-23-44-39(27-32)37-15-7-9-17-43(37)55(44)36-13-5-2-6-14-36/h1-30H. The van der Waals surface area contributed by atoms with Gasteiger partial charge in [-0.15, -0.1) is 22.7 Å². The number of thiophene rings is 2. The van der Waals surface area contributed by atoms with Crippen LogP contribution >= 0.6 is 22.7 Å². The summed E-state index contributed by atoms with van der Waals surface area (Å²) in [5.74, 6) is 1.98. The first-order valence-electron chi connectivity index (χ1n) is 19.0. The van der Waals surface area contributed by atoms with Crippen molar-refractivity contribution in [2.24, 2.45) is 0 Å². The Kier molecular flexibility index (Phi) is 7.24. The Morgan fingerprint density at radius 2 is 0.737 bits per heavy atom. The minimum atomic E-state index is 0.659. The molecule has 0 saturated carbocycles. The van der Waals surface area contributed by atoms with Crippen LogP contribution in [0.2, 0.25) is 0 Å². The average molecular weight is 763 g/mol. The number of benzene rings is 8. The molecule has 6 heteroatoms. The quantitative estimate of drug-likeness (QED) is 0.175. The molecule has 0 aliphatic rings. The van der Waals surface area contributed by atoms with Crippen LogP contribution in [0.15, 0.2) is 182 Å². The predicted octanol–water partition coefficient (Wildman–Crippen LogP) is 14.4. The molecule has 0 aliphatic carbocycles. The molecular weight excluding hydrogens is 733 g/mol. The van der Waals surface area contributed by atoms with Gasteiger partial charge in [0.25, 0.3) is 0 Å². The van der Waals surface area contributed by atoms with Gasteiger partial charge in [-0.1, -0.05) is 97.1 Å².